The molecule has 134 valence electrons. The Morgan fingerprint density at radius 1 is 1.15 bits per heavy atom. The molecule has 26 heavy (non-hydrogen) atoms. The van der Waals surface area contributed by atoms with Crippen LogP contribution in [0.15, 0.2) is 41.2 Å². The van der Waals surface area contributed by atoms with Gasteiger partial charge in [-0.3, -0.25) is 4.79 Å². The molecule has 0 atom stereocenters. The molecule has 0 fully saturated rings. The van der Waals surface area contributed by atoms with Gasteiger partial charge in [0.05, 0.1) is 5.56 Å². The molecule has 2 aromatic heterocycles. The Morgan fingerprint density at radius 3 is 2.50 bits per heavy atom. The summed E-state index contributed by atoms with van der Waals surface area (Å²) in [6, 6.07) is 7.73. The van der Waals surface area contributed by atoms with Crippen LogP contribution >= 0.6 is 0 Å². The van der Waals surface area contributed by atoms with Crippen LogP contribution in [0.25, 0.3) is 0 Å². The maximum Gasteiger partial charge on any atom is 0.258 e. The van der Waals surface area contributed by atoms with E-state index in [2.05, 4.69) is 39.6 Å². The van der Waals surface area contributed by atoms with Gasteiger partial charge in [-0.05, 0) is 30.9 Å². The van der Waals surface area contributed by atoms with Gasteiger partial charge in [-0.25, -0.2) is 9.97 Å². The Hall–Kier alpha value is -3.22. The molecule has 0 aliphatic heterocycles. The van der Waals surface area contributed by atoms with Crippen LogP contribution in [0.5, 0.6) is 0 Å². The molecule has 0 saturated carbocycles. The lowest BCUT2D eigenvalue weighted by Gasteiger charge is -2.16. The average Bonchev–Trinajstić information content (AvgIpc) is 3.02. The van der Waals surface area contributed by atoms with Gasteiger partial charge in [0.15, 0.2) is 5.82 Å². The summed E-state index contributed by atoms with van der Waals surface area (Å²) in [6.07, 6.45) is 2.95. The summed E-state index contributed by atoms with van der Waals surface area (Å²) in [5.74, 6) is 1.60. The lowest BCUT2D eigenvalue weighted by Crippen LogP contribution is -2.15. The standard InChI is InChI=1S/C19H21N5O2/c1-11(2)15-7-5-6-12(3)17(15)23-18(25)14-9-20-19(21-10-14)22-16-8-13(4)26-24-16/h5-11H,1-4H3,(H,23,25)(H,20,21,22,24). The van der Waals surface area contributed by atoms with E-state index in [9.17, 15) is 4.79 Å². The summed E-state index contributed by atoms with van der Waals surface area (Å²) in [5, 5.41) is 9.71. The highest BCUT2D eigenvalue weighted by Gasteiger charge is 2.14. The van der Waals surface area contributed by atoms with Crippen LogP contribution in [-0.4, -0.2) is 21.0 Å². The van der Waals surface area contributed by atoms with E-state index >= 15 is 0 Å². The summed E-state index contributed by atoms with van der Waals surface area (Å²) < 4.78 is 4.97. The number of carbonyl (C=O) groups excluding carboxylic acids is 1. The fourth-order valence-electron chi connectivity index (χ4n) is 2.58. The first-order valence-electron chi connectivity index (χ1n) is 8.37. The molecular weight excluding hydrogens is 330 g/mol. The van der Waals surface area contributed by atoms with Crippen molar-refractivity contribution >= 4 is 23.4 Å². The minimum absolute atomic E-state index is 0.245. The first kappa shape index (κ1) is 17.6. The molecule has 0 unspecified atom stereocenters. The topological polar surface area (TPSA) is 92.9 Å². The van der Waals surface area contributed by atoms with Crippen LogP contribution in [0.3, 0.4) is 0 Å². The predicted octanol–water partition coefficient (Wildman–Crippen LogP) is 4.20. The van der Waals surface area contributed by atoms with E-state index in [1.807, 2.05) is 25.1 Å². The SMILES string of the molecule is Cc1cc(Nc2ncc(C(=O)Nc3c(C)cccc3C(C)C)cn2)no1. The van der Waals surface area contributed by atoms with E-state index in [-0.39, 0.29) is 5.91 Å². The van der Waals surface area contributed by atoms with Crippen molar-refractivity contribution in [1.82, 2.24) is 15.1 Å². The van der Waals surface area contributed by atoms with E-state index in [1.54, 1.807) is 13.0 Å². The Bertz CT molecular complexity index is 916. The van der Waals surface area contributed by atoms with Crippen molar-refractivity contribution in [2.24, 2.45) is 0 Å². The van der Waals surface area contributed by atoms with Crippen molar-refractivity contribution in [3.8, 4) is 0 Å². The van der Waals surface area contributed by atoms with Gasteiger partial charge in [0.1, 0.15) is 5.76 Å². The molecule has 2 N–H and O–H groups in total. The maximum absolute atomic E-state index is 12.6. The number of rotatable bonds is 5. The maximum atomic E-state index is 12.6. The fourth-order valence-corrected chi connectivity index (χ4v) is 2.58. The first-order chi connectivity index (χ1) is 12.4. The minimum atomic E-state index is -0.245. The van der Waals surface area contributed by atoms with E-state index in [4.69, 9.17) is 4.52 Å². The van der Waals surface area contributed by atoms with Gasteiger partial charge in [0.25, 0.3) is 5.91 Å². The van der Waals surface area contributed by atoms with Crippen LogP contribution < -0.4 is 10.6 Å². The smallest absolute Gasteiger partial charge is 0.258 e. The monoisotopic (exact) mass is 351 g/mol. The number of benzene rings is 1. The van der Waals surface area contributed by atoms with Gasteiger partial charge in [0, 0.05) is 24.1 Å². The van der Waals surface area contributed by atoms with Crippen molar-refractivity contribution in [2.45, 2.75) is 33.6 Å². The van der Waals surface area contributed by atoms with E-state index in [1.165, 1.54) is 12.4 Å². The van der Waals surface area contributed by atoms with Crippen LogP contribution in [0.1, 0.15) is 47.0 Å². The molecule has 3 rings (SSSR count). The molecule has 0 aliphatic rings. The quantitative estimate of drug-likeness (QED) is 0.715. The molecule has 0 saturated heterocycles. The number of para-hydroxylation sites is 1. The number of anilines is 3. The van der Waals surface area contributed by atoms with Gasteiger partial charge < -0.3 is 15.2 Å². The molecule has 2 heterocycles. The number of nitrogens with one attached hydrogen (secondary N) is 2. The molecule has 1 aromatic carbocycles. The summed E-state index contributed by atoms with van der Waals surface area (Å²) in [7, 11) is 0. The van der Waals surface area contributed by atoms with Crippen LogP contribution in [0.2, 0.25) is 0 Å². The Morgan fingerprint density at radius 2 is 1.88 bits per heavy atom. The van der Waals surface area contributed by atoms with Crippen molar-refractivity contribution in [3.63, 3.8) is 0 Å². The highest BCUT2D eigenvalue weighted by molar-refractivity contribution is 6.04. The lowest BCUT2D eigenvalue weighted by molar-refractivity contribution is 0.102. The number of nitrogens with zero attached hydrogens (tertiary/aromatic N) is 3. The molecule has 0 aliphatic carbocycles. The van der Waals surface area contributed by atoms with Crippen molar-refractivity contribution in [2.75, 3.05) is 10.6 Å². The second kappa shape index (κ2) is 7.35. The predicted molar refractivity (Wildman–Crippen MR) is 99.8 cm³/mol. The molecule has 7 nitrogen and oxygen atoms in total. The summed E-state index contributed by atoms with van der Waals surface area (Å²) in [5.41, 5.74) is 3.33. The number of aryl methyl sites for hydroxylation is 2. The minimum Gasteiger partial charge on any atom is -0.360 e. The number of hydrogen-bond donors (Lipinski definition) is 2. The zero-order valence-corrected chi connectivity index (χ0v) is 15.2. The molecule has 1 amide bonds. The van der Waals surface area contributed by atoms with Gasteiger partial charge in [-0.1, -0.05) is 37.2 Å². The Balaban J connectivity index is 1.75. The molecule has 0 bridgehead atoms. The van der Waals surface area contributed by atoms with E-state index < -0.39 is 0 Å². The number of aromatic nitrogens is 3. The third-order valence-electron chi connectivity index (χ3n) is 3.95. The number of carbonyl (C=O) groups is 1. The number of amides is 1. The molecule has 0 spiro atoms. The Labute approximate surface area is 151 Å². The van der Waals surface area contributed by atoms with Gasteiger partial charge in [-0.15, -0.1) is 0 Å². The normalized spacial score (nSPS) is 10.8. The van der Waals surface area contributed by atoms with Gasteiger partial charge in [-0.2, -0.15) is 0 Å². The third-order valence-corrected chi connectivity index (χ3v) is 3.95. The highest BCUT2D eigenvalue weighted by atomic mass is 16.5. The lowest BCUT2D eigenvalue weighted by atomic mass is 9.98. The van der Waals surface area contributed by atoms with Gasteiger partial charge in [0.2, 0.25) is 5.95 Å². The van der Waals surface area contributed by atoms with Crippen LogP contribution in [-0.2, 0) is 0 Å². The second-order valence-corrected chi connectivity index (χ2v) is 6.39. The van der Waals surface area contributed by atoms with Crippen molar-refractivity contribution in [1.29, 1.82) is 0 Å². The van der Waals surface area contributed by atoms with E-state index in [0.29, 0.717) is 29.0 Å². The highest BCUT2D eigenvalue weighted by Crippen LogP contribution is 2.27. The molecular formula is C19H21N5O2. The number of hydrogen-bond acceptors (Lipinski definition) is 6. The van der Waals surface area contributed by atoms with Crippen molar-refractivity contribution < 1.29 is 9.32 Å². The summed E-state index contributed by atoms with van der Waals surface area (Å²) in [4.78, 5) is 20.9. The van der Waals surface area contributed by atoms with Crippen LogP contribution in [0.4, 0.5) is 17.5 Å². The first-order valence-corrected chi connectivity index (χ1v) is 8.37. The molecule has 7 heteroatoms. The zero-order chi connectivity index (χ0) is 18.7. The second-order valence-electron chi connectivity index (χ2n) is 6.39. The van der Waals surface area contributed by atoms with Crippen LogP contribution in [0, 0.1) is 13.8 Å². The zero-order valence-electron chi connectivity index (χ0n) is 15.2. The third kappa shape index (κ3) is 3.88. The molecule has 3 aromatic rings. The van der Waals surface area contributed by atoms with E-state index in [0.717, 1.165) is 16.8 Å². The largest absolute Gasteiger partial charge is 0.360 e. The fraction of sp³-hybridized carbons (Fsp3) is 0.263. The van der Waals surface area contributed by atoms with Gasteiger partial charge >= 0.3 is 0 Å². The average molecular weight is 351 g/mol. The molecule has 0 radical (unpaired) electrons. The van der Waals surface area contributed by atoms with Crippen molar-refractivity contribution in [3.05, 3.63) is 59.1 Å². The summed E-state index contributed by atoms with van der Waals surface area (Å²) >= 11 is 0. The summed E-state index contributed by atoms with van der Waals surface area (Å²) in [6.45, 7) is 7.97. The Kier molecular flexibility index (Phi) is 4.97.